The Bertz CT molecular complexity index is 806. The van der Waals surface area contributed by atoms with Crippen LogP contribution in [0.5, 0.6) is 5.75 Å². The van der Waals surface area contributed by atoms with Crippen LogP contribution in [0.3, 0.4) is 0 Å². The molecular formula is C21H25N3O3. The molecule has 27 heavy (non-hydrogen) atoms. The molecule has 0 saturated carbocycles. The lowest BCUT2D eigenvalue weighted by Gasteiger charge is -2.45. The molecule has 1 aromatic heterocycles. The number of piperidine rings is 1. The number of likely N-dealkylation sites (tertiary alicyclic amines) is 2. The van der Waals surface area contributed by atoms with Crippen molar-refractivity contribution >= 4 is 11.8 Å². The molecule has 1 spiro atoms. The Hall–Kier alpha value is -2.76. The van der Waals surface area contributed by atoms with Crippen LogP contribution in [0.1, 0.15) is 41.6 Å². The van der Waals surface area contributed by atoms with Crippen molar-refractivity contribution in [2.75, 3.05) is 20.2 Å². The van der Waals surface area contributed by atoms with Crippen molar-refractivity contribution in [1.29, 1.82) is 0 Å². The number of methoxy groups -OCH3 is 1. The number of amides is 2. The summed E-state index contributed by atoms with van der Waals surface area (Å²) in [6.07, 6.45) is 6.67. The van der Waals surface area contributed by atoms with Gasteiger partial charge in [-0.1, -0.05) is 12.1 Å². The Labute approximate surface area is 159 Å². The number of hydrogen-bond acceptors (Lipinski definition) is 3. The highest BCUT2D eigenvalue weighted by Gasteiger charge is 2.47. The molecule has 2 aliphatic rings. The van der Waals surface area contributed by atoms with Gasteiger partial charge >= 0.3 is 0 Å². The summed E-state index contributed by atoms with van der Waals surface area (Å²) in [5, 5.41) is 0. The molecule has 0 unspecified atom stereocenters. The largest absolute Gasteiger partial charge is 0.497 e. The predicted octanol–water partition coefficient (Wildman–Crippen LogP) is 2.82. The smallest absolute Gasteiger partial charge is 0.255 e. The zero-order valence-electron chi connectivity index (χ0n) is 15.6. The minimum atomic E-state index is -0.119. The van der Waals surface area contributed by atoms with Gasteiger partial charge in [-0.05, 0) is 43.0 Å². The summed E-state index contributed by atoms with van der Waals surface area (Å²) in [7, 11) is 1.65. The molecule has 2 aromatic rings. The fourth-order valence-electron chi connectivity index (χ4n) is 4.33. The number of carbonyl (C=O) groups excluding carboxylic acids is 2. The van der Waals surface area contributed by atoms with Crippen molar-refractivity contribution in [2.45, 2.75) is 37.8 Å². The second kappa shape index (κ2) is 7.10. The monoisotopic (exact) mass is 367 g/mol. The topological polar surface area (TPSA) is 65.6 Å². The van der Waals surface area contributed by atoms with Crippen LogP contribution in [0.15, 0.2) is 42.7 Å². The van der Waals surface area contributed by atoms with E-state index in [1.54, 1.807) is 19.5 Å². The molecule has 6 heteroatoms. The van der Waals surface area contributed by atoms with Gasteiger partial charge in [-0.15, -0.1) is 0 Å². The minimum Gasteiger partial charge on any atom is -0.497 e. The first-order chi connectivity index (χ1) is 13.1. The molecule has 1 N–H and O–H groups in total. The van der Waals surface area contributed by atoms with Gasteiger partial charge in [0.25, 0.3) is 5.91 Å². The molecule has 0 radical (unpaired) electrons. The lowest BCUT2D eigenvalue weighted by Crippen LogP contribution is -2.53. The Morgan fingerprint density at radius 2 is 1.89 bits per heavy atom. The molecule has 2 fully saturated rings. The maximum absolute atomic E-state index is 12.6. The summed E-state index contributed by atoms with van der Waals surface area (Å²) < 4.78 is 5.21. The lowest BCUT2D eigenvalue weighted by atomic mass is 9.84. The van der Waals surface area contributed by atoms with Crippen LogP contribution in [0, 0.1) is 0 Å². The fraction of sp³-hybridized carbons (Fsp3) is 0.429. The molecule has 3 heterocycles. The summed E-state index contributed by atoms with van der Waals surface area (Å²) in [5.41, 5.74) is 1.69. The summed E-state index contributed by atoms with van der Waals surface area (Å²) in [5.74, 6) is 1.10. The maximum Gasteiger partial charge on any atom is 0.255 e. The minimum absolute atomic E-state index is 0.0668. The van der Waals surface area contributed by atoms with Gasteiger partial charge in [0.15, 0.2) is 0 Å². The van der Waals surface area contributed by atoms with Gasteiger partial charge in [0.1, 0.15) is 5.75 Å². The van der Waals surface area contributed by atoms with Gasteiger partial charge in [-0.3, -0.25) is 9.59 Å². The molecule has 0 aliphatic carbocycles. The first kappa shape index (κ1) is 17.6. The molecule has 0 bridgehead atoms. The van der Waals surface area contributed by atoms with Gasteiger partial charge in [0, 0.05) is 44.0 Å². The first-order valence-corrected chi connectivity index (χ1v) is 9.47. The molecule has 2 saturated heterocycles. The van der Waals surface area contributed by atoms with E-state index in [4.69, 9.17) is 4.74 Å². The fourth-order valence-corrected chi connectivity index (χ4v) is 4.33. The third-order valence-corrected chi connectivity index (χ3v) is 6.00. The first-order valence-electron chi connectivity index (χ1n) is 9.47. The quantitative estimate of drug-likeness (QED) is 0.904. The van der Waals surface area contributed by atoms with Gasteiger partial charge < -0.3 is 19.5 Å². The highest BCUT2D eigenvalue weighted by atomic mass is 16.5. The number of hydrogen-bond donors (Lipinski definition) is 1. The molecule has 1 aromatic carbocycles. The van der Waals surface area contributed by atoms with Crippen LogP contribution in [-0.2, 0) is 11.3 Å². The zero-order valence-corrected chi connectivity index (χ0v) is 15.6. The molecule has 6 nitrogen and oxygen atoms in total. The van der Waals surface area contributed by atoms with Crippen molar-refractivity contribution in [2.24, 2.45) is 0 Å². The standard InChI is InChI=1S/C21H25N3O3/c1-27-18-4-2-16(3-5-18)15-24-19(25)6-8-21(24)9-12-23(13-10-21)20(26)17-7-11-22-14-17/h2-5,7,11,14,22H,6,8-10,12-13,15H2,1H3. The summed E-state index contributed by atoms with van der Waals surface area (Å²) in [6, 6.07) is 9.70. The van der Waals surface area contributed by atoms with Gasteiger partial charge in [-0.2, -0.15) is 0 Å². The number of benzene rings is 1. The number of rotatable bonds is 4. The number of carbonyl (C=O) groups is 2. The second-order valence-electron chi connectivity index (χ2n) is 7.44. The van der Waals surface area contributed by atoms with Crippen molar-refractivity contribution in [3.8, 4) is 5.75 Å². The van der Waals surface area contributed by atoms with Crippen LogP contribution >= 0.6 is 0 Å². The summed E-state index contributed by atoms with van der Waals surface area (Å²) in [4.78, 5) is 32.1. The van der Waals surface area contributed by atoms with E-state index in [1.165, 1.54) is 0 Å². The lowest BCUT2D eigenvalue weighted by molar-refractivity contribution is -0.133. The predicted molar refractivity (Wildman–Crippen MR) is 101 cm³/mol. The third-order valence-electron chi connectivity index (χ3n) is 6.00. The van der Waals surface area contributed by atoms with E-state index < -0.39 is 0 Å². The van der Waals surface area contributed by atoms with E-state index in [-0.39, 0.29) is 17.4 Å². The number of aromatic nitrogens is 1. The van der Waals surface area contributed by atoms with Crippen LogP contribution < -0.4 is 4.74 Å². The van der Waals surface area contributed by atoms with E-state index in [0.717, 1.165) is 30.6 Å². The van der Waals surface area contributed by atoms with Crippen molar-refractivity contribution in [1.82, 2.24) is 14.8 Å². The van der Waals surface area contributed by atoms with Crippen LogP contribution in [0.4, 0.5) is 0 Å². The van der Waals surface area contributed by atoms with Crippen LogP contribution in [0.2, 0.25) is 0 Å². The Kier molecular flexibility index (Phi) is 4.64. The van der Waals surface area contributed by atoms with Crippen LogP contribution in [0.25, 0.3) is 0 Å². The highest BCUT2D eigenvalue weighted by molar-refractivity contribution is 5.94. The number of nitrogens with zero attached hydrogens (tertiary/aromatic N) is 2. The van der Waals surface area contributed by atoms with Gasteiger partial charge in [0.2, 0.25) is 5.91 Å². The van der Waals surface area contributed by atoms with Gasteiger partial charge in [-0.25, -0.2) is 0 Å². The van der Waals surface area contributed by atoms with Crippen molar-refractivity contribution in [3.05, 3.63) is 53.9 Å². The highest BCUT2D eigenvalue weighted by Crippen LogP contribution is 2.40. The van der Waals surface area contributed by atoms with E-state index in [0.29, 0.717) is 31.6 Å². The normalized spacial score (nSPS) is 18.9. The number of ether oxygens (including phenoxy) is 1. The molecule has 0 atom stereocenters. The van der Waals surface area contributed by atoms with Crippen LogP contribution in [-0.4, -0.2) is 52.3 Å². The average molecular weight is 367 g/mol. The summed E-state index contributed by atoms with van der Waals surface area (Å²) >= 11 is 0. The van der Waals surface area contributed by atoms with Gasteiger partial charge in [0.05, 0.1) is 12.7 Å². The van der Waals surface area contributed by atoms with E-state index in [1.807, 2.05) is 40.1 Å². The zero-order chi connectivity index (χ0) is 18.9. The molecule has 4 rings (SSSR count). The van der Waals surface area contributed by atoms with E-state index >= 15 is 0 Å². The second-order valence-corrected chi connectivity index (χ2v) is 7.44. The molecule has 2 aliphatic heterocycles. The van der Waals surface area contributed by atoms with E-state index in [2.05, 4.69) is 4.98 Å². The number of aromatic amines is 1. The molecular weight excluding hydrogens is 342 g/mol. The Morgan fingerprint density at radius 3 is 2.52 bits per heavy atom. The SMILES string of the molecule is COc1ccc(CN2C(=O)CCC23CCN(C(=O)c2cc[nH]c2)CC3)cc1. The molecule has 142 valence electrons. The van der Waals surface area contributed by atoms with E-state index in [9.17, 15) is 9.59 Å². The Morgan fingerprint density at radius 1 is 1.15 bits per heavy atom. The summed E-state index contributed by atoms with van der Waals surface area (Å²) in [6.45, 7) is 2.00. The maximum atomic E-state index is 12.6. The van der Waals surface area contributed by atoms with Crippen molar-refractivity contribution < 1.29 is 14.3 Å². The number of nitrogens with one attached hydrogen (secondary N) is 1. The number of H-pyrrole nitrogens is 1. The van der Waals surface area contributed by atoms with Crippen molar-refractivity contribution in [3.63, 3.8) is 0 Å². The average Bonchev–Trinajstić information content (AvgIpc) is 3.34. The Balaban J connectivity index is 1.45. The third kappa shape index (κ3) is 3.31. The molecule has 2 amide bonds.